The molecule has 0 aromatic heterocycles. The zero-order valence-electron chi connectivity index (χ0n) is 64.1. The van der Waals surface area contributed by atoms with Crippen molar-refractivity contribution in [1.82, 2.24) is 0 Å². The molecular weight excluding hydrogens is 654 g/mol. The summed E-state index contributed by atoms with van der Waals surface area (Å²) in [4.78, 5) is 23.2. The molecule has 51 heavy (non-hydrogen) atoms. The van der Waals surface area contributed by atoms with E-state index in [9.17, 15) is 19.7 Å². The fourth-order valence-electron chi connectivity index (χ4n) is 5.58. The average molecular weight is 768 g/mol. The van der Waals surface area contributed by atoms with Gasteiger partial charge in [-0.3, -0.25) is 9.59 Å². The first-order valence-electron chi connectivity index (χ1n) is 33.4. The Labute approximate surface area is 352 Å². The van der Waals surface area contributed by atoms with E-state index in [1.807, 2.05) is 39.8 Å². The molecule has 0 aliphatic carbocycles. The zero-order valence-corrected chi connectivity index (χ0v) is 30.1. The molecule has 4 aromatic rings. The van der Waals surface area contributed by atoms with Crippen molar-refractivity contribution in [3.05, 3.63) is 95.1 Å². The number of ketones is 2. The second-order valence-electron chi connectivity index (χ2n) is 13.2. The van der Waals surface area contributed by atoms with Gasteiger partial charge in [0, 0.05) is 64.0 Å². The Balaban J connectivity index is -0.0000000673. The predicted molar refractivity (Wildman–Crippen MR) is 231 cm³/mol. The van der Waals surface area contributed by atoms with Crippen molar-refractivity contribution in [1.29, 1.82) is 0 Å². The highest BCUT2D eigenvalue weighted by Gasteiger charge is 2.52. The third-order valence-electron chi connectivity index (χ3n) is 9.15. The lowest BCUT2D eigenvalue weighted by atomic mass is 9.76. The minimum atomic E-state index is -0.862. The van der Waals surface area contributed by atoms with E-state index in [-0.39, 0.29) is 19.6 Å². The van der Waals surface area contributed by atoms with Gasteiger partial charge in [0.1, 0.15) is 34.5 Å². The summed E-state index contributed by atoms with van der Waals surface area (Å²) < 4.78 is 210. The first-order valence-corrected chi connectivity index (χ1v) is 16.4. The highest BCUT2D eigenvalue weighted by molar-refractivity contribution is 6.62. The molecule has 0 unspecified atom stereocenters. The summed E-state index contributed by atoms with van der Waals surface area (Å²) >= 11 is 0. The summed E-state index contributed by atoms with van der Waals surface area (Å²) in [5, 5.41) is 19.5. The number of hydrogen-bond acceptors (Lipinski definition) is 11. The van der Waals surface area contributed by atoms with Crippen LogP contribution in [0.3, 0.4) is 0 Å². The highest BCUT2D eigenvalue weighted by atomic mass is 16.7. The number of hydrogen-bond donors (Lipinski definition) is 2. The van der Waals surface area contributed by atoms with Gasteiger partial charge in [-0.1, -0.05) is 12.1 Å². The van der Waals surface area contributed by atoms with Crippen LogP contribution in [0.15, 0.2) is 72.8 Å². The molecule has 0 saturated carbocycles. The molecule has 0 spiro atoms. The summed E-state index contributed by atoms with van der Waals surface area (Å²) in [6.45, 7) is 11.1. The van der Waals surface area contributed by atoms with Crippen LogP contribution in [0.1, 0.15) is 125 Å². The predicted octanol–water partition coefficient (Wildman–Crippen LogP) is 9.82. The van der Waals surface area contributed by atoms with Gasteiger partial charge in [-0.15, -0.1) is 0 Å². The average Bonchev–Trinajstić information content (AvgIpc) is 4.16. The topological polar surface area (TPSA) is 139 Å². The Morgan fingerprint density at radius 1 is 0.745 bits per heavy atom. The van der Waals surface area contributed by atoms with Gasteiger partial charge in [-0.25, -0.2) is 0 Å². The molecular formula is C38H78B2O11. The van der Waals surface area contributed by atoms with Crippen LogP contribution in [0.25, 0.3) is 0 Å². The van der Waals surface area contributed by atoms with Crippen molar-refractivity contribution in [2.24, 2.45) is 0 Å². The Hall–Kier alpha value is -4.65. The van der Waals surface area contributed by atoms with Gasteiger partial charge in [-0.05, 0) is 112 Å². The summed E-state index contributed by atoms with van der Waals surface area (Å²) in [7, 11) is 1.60. The monoisotopic (exact) mass is 768 g/mol. The van der Waals surface area contributed by atoms with Crippen LogP contribution in [0.5, 0.6) is 34.5 Å². The van der Waals surface area contributed by atoms with Crippen molar-refractivity contribution in [2.45, 2.75) is 66.0 Å². The summed E-state index contributed by atoms with van der Waals surface area (Å²) in [5.41, 5.74) is 3.17. The van der Waals surface area contributed by atoms with E-state index in [0.717, 1.165) is 16.5 Å². The highest BCUT2D eigenvalue weighted by Crippen LogP contribution is 2.37. The number of carbonyl (C=O) groups excluding carboxylic acids is 2. The summed E-state index contributed by atoms with van der Waals surface area (Å²) in [6.07, 6.45) is 0. The van der Waals surface area contributed by atoms with Crippen LogP contribution < -0.4 is 29.9 Å². The first-order chi connectivity index (χ1) is 41.2. The van der Waals surface area contributed by atoms with E-state index in [1.165, 1.54) is 28.1 Å². The third kappa shape index (κ3) is 8.30. The quantitative estimate of drug-likeness (QED) is 0.118. The molecule has 6 rings (SSSR count). The number of carbonyl (C=O) groups is 2. The van der Waals surface area contributed by atoms with E-state index in [1.54, 1.807) is 60.7 Å². The van der Waals surface area contributed by atoms with Crippen molar-refractivity contribution >= 4 is 36.7 Å². The lowest BCUT2D eigenvalue weighted by Crippen LogP contribution is -2.41. The van der Waals surface area contributed by atoms with Gasteiger partial charge in [0.15, 0.2) is 11.6 Å². The molecule has 2 N–H and O–H groups in total. The van der Waals surface area contributed by atoms with E-state index in [4.69, 9.17) is 83.4 Å². The van der Waals surface area contributed by atoms with E-state index in [0.29, 0.717) is 57.8 Å². The molecule has 1 saturated heterocycles. The van der Waals surface area contributed by atoms with Gasteiger partial charge in [-0.2, -0.15) is 0 Å². The van der Waals surface area contributed by atoms with Gasteiger partial charge in [0.25, 0.3) is 0 Å². The molecule has 2 aliphatic heterocycles. The van der Waals surface area contributed by atoms with Crippen molar-refractivity contribution in [2.75, 3.05) is 14.2 Å². The van der Waals surface area contributed by atoms with Gasteiger partial charge in [0.2, 0.25) is 0 Å². The normalized spacial score (nSPS) is 18.1. The molecule has 0 radical (unpaired) electrons. The Kier molecular flexibility index (Phi) is 6.31. The van der Waals surface area contributed by atoms with Gasteiger partial charge in [0.05, 0.1) is 49.8 Å². The summed E-state index contributed by atoms with van der Waals surface area (Å²) in [5.74, 6) is 3.06. The molecule has 13 heteroatoms. The Morgan fingerprint density at radius 3 is 1.67 bits per heavy atom. The van der Waals surface area contributed by atoms with Crippen LogP contribution in [-0.4, -0.2) is 61.4 Å². The van der Waals surface area contributed by atoms with Crippen LogP contribution >= 0.6 is 0 Å². The van der Waals surface area contributed by atoms with E-state index < -0.39 is 25.4 Å². The number of aliphatic hydroxyl groups excluding tert-OH is 1. The molecule has 1 fully saturated rings. The van der Waals surface area contributed by atoms with E-state index >= 15 is 0 Å². The molecule has 0 bridgehead atoms. The lowest BCUT2D eigenvalue weighted by molar-refractivity contribution is 0.00578. The van der Waals surface area contributed by atoms with Gasteiger partial charge < -0.3 is 43.0 Å². The minimum absolute atomic E-state index is 0. The maximum Gasteiger partial charge on any atom is 0.495 e. The SMILES string of the molecule is COc1cc(Oc2ccc(B3OC(C)(C)C(C)(C)O3)c(CO)c2)ccc1C(C)=O.COc1cc(Oc2ccc3c(c2)COB3O)ccc1C(C)=O.[2HH].[2H][2H].[2H][2H].[2H][2H].[2H][2H].[2H][2H].[2H][2H].[2H][2H].[2H][2H].[2H][2H].[2H][2H].[2H][2H].[2H][2H].[2H][2H].[2H][2H].[2H][2H].[2H][2H].[2H][2H]. The second-order valence-corrected chi connectivity index (χ2v) is 13.2. The fraction of sp³-hybridized carbons (Fsp3) is 0.316. The van der Waals surface area contributed by atoms with Crippen LogP contribution in [-0.2, 0) is 27.2 Å². The molecule has 0 atom stereocenters. The van der Waals surface area contributed by atoms with Crippen molar-refractivity contribution < 1.29 is 105 Å². The number of rotatable bonds is 10. The van der Waals surface area contributed by atoms with Crippen LogP contribution in [0.4, 0.5) is 0 Å². The van der Waals surface area contributed by atoms with E-state index in [2.05, 4.69) is 0 Å². The summed E-state index contributed by atoms with van der Waals surface area (Å²) in [6, 6.07) is 20.9. The molecule has 2 heterocycles. The molecule has 2 aliphatic rings. The standard InChI is InChI=1S/C22H27BO6.C16H15BO5.18H2/c1-14(25)18-9-7-17(12-20(18)26-6)27-16-8-10-19(15(11-16)13-24)23-28-21(2,3)22(4,5)29-23;1-10(18)14-5-3-13(8-16(14)20-2)22-12-4-6-15-11(7-12)9-21-17(15)19;;;;;;;;;;;;;;;;;;/h7-12,24H,13H2,1-6H3;3-8,19H,9H2,1-2H3;18*1H/i;;17*1+1D;1+1. The maximum absolute atomic E-state index is 11.7. The molecule has 11 nitrogen and oxygen atoms in total. The molecule has 4 aromatic carbocycles. The number of benzene rings is 4. The number of Topliss-reactive ketones (excluding diaryl/α,β-unsaturated/α-hetero) is 2. The fourth-order valence-corrected chi connectivity index (χ4v) is 5.58. The number of methoxy groups -OCH3 is 2. The third-order valence-corrected chi connectivity index (χ3v) is 9.15. The second kappa shape index (κ2) is 15.3. The van der Waals surface area contributed by atoms with Gasteiger partial charge >= 0.3 is 14.2 Å². The van der Waals surface area contributed by atoms with Crippen LogP contribution in [0, 0.1) is 0 Å². The van der Waals surface area contributed by atoms with Crippen molar-refractivity contribution in [3.8, 4) is 34.5 Å². The maximum atomic E-state index is 11.7. The largest absolute Gasteiger partial charge is 0.496 e. The Morgan fingerprint density at radius 2 is 1.20 bits per heavy atom. The number of fused-ring (bicyclic) bond motifs is 1. The van der Waals surface area contributed by atoms with Crippen molar-refractivity contribution in [3.63, 3.8) is 0 Å². The Bertz CT molecular complexity index is 1990. The first kappa shape index (κ1) is 21.0. The molecule has 302 valence electrons. The number of aliphatic hydroxyl groups is 1. The van der Waals surface area contributed by atoms with Crippen LogP contribution in [0.2, 0.25) is 0 Å². The minimum Gasteiger partial charge on any atom is -0.496 e. The molecule has 0 amide bonds. The number of ether oxygens (including phenoxy) is 4. The smallest absolute Gasteiger partial charge is 0.495 e. The zero-order chi connectivity index (χ0) is 71.1. The lowest BCUT2D eigenvalue weighted by Gasteiger charge is -2.32.